The van der Waals surface area contributed by atoms with E-state index < -0.39 is 0 Å². The maximum absolute atomic E-state index is 11.7. The lowest BCUT2D eigenvalue weighted by molar-refractivity contribution is -0.134. The lowest BCUT2D eigenvalue weighted by Gasteiger charge is -2.47. The molecule has 0 spiro atoms. The summed E-state index contributed by atoms with van der Waals surface area (Å²) in [7, 11) is 0. The van der Waals surface area contributed by atoms with Crippen LogP contribution in [0.2, 0.25) is 0 Å². The van der Waals surface area contributed by atoms with Crippen molar-refractivity contribution in [1.29, 1.82) is 0 Å². The van der Waals surface area contributed by atoms with Crippen molar-refractivity contribution >= 4 is 5.97 Å². The van der Waals surface area contributed by atoms with E-state index >= 15 is 0 Å². The van der Waals surface area contributed by atoms with E-state index in [2.05, 4.69) is 26.8 Å². The summed E-state index contributed by atoms with van der Waals surface area (Å²) < 4.78 is 11.8. The molecule has 0 aromatic heterocycles. The van der Waals surface area contributed by atoms with Crippen molar-refractivity contribution in [2.45, 2.75) is 40.2 Å². The fourth-order valence-corrected chi connectivity index (χ4v) is 4.23. The van der Waals surface area contributed by atoms with Crippen molar-refractivity contribution in [3.63, 3.8) is 0 Å². The smallest absolute Gasteiger partial charge is 0.310 e. The average molecular weight is 314 g/mol. The van der Waals surface area contributed by atoms with E-state index in [1.807, 2.05) is 31.2 Å². The van der Waals surface area contributed by atoms with E-state index in [4.69, 9.17) is 9.47 Å². The molecule has 1 fully saturated rings. The number of allylic oxidation sites excluding steroid dienone is 1. The Bertz CT molecular complexity index is 619. The van der Waals surface area contributed by atoms with Crippen molar-refractivity contribution in [2.75, 3.05) is 6.61 Å². The van der Waals surface area contributed by atoms with Gasteiger partial charge in [0.25, 0.3) is 0 Å². The van der Waals surface area contributed by atoms with Gasteiger partial charge in [0.2, 0.25) is 0 Å². The topological polar surface area (TPSA) is 35.5 Å². The molecule has 2 aliphatic rings. The predicted molar refractivity (Wildman–Crippen MR) is 90.1 cm³/mol. The van der Waals surface area contributed by atoms with Gasteiger partial charge in [-0.2, -0.15) is 0 Å². The van der Waals surface area contributed by atoms with Crippen molar-refractivity contribution in [3.8, 4) is 5.75 Å². The number of esters is 1. The quantitative estimate of drug-likeness (QED) is 0.467. The van der Waals surface area contributed by atoms with Crippen LogP contribution in [-0.2, 0) is 9.53 Å². The van der Waals surface area contributed by atoms with Crippen LogP contribution in [-0.4, -0.2) is 12.6 Å². The van der Waals surface area contributed by atoms with Gasteiger partial charge in [-0.05, 0) is 30.7 Å². The van der Waals surface area contributed by atoms with Crippen LogP contribution < -0.4 is 4.74 Å². The van der Waals surface area contributed by atoms with Crippen LogP contribution in [0.3, 0.4) is 0 Å². The maximum atomic E-state index is 11.7. The molecular weight excluding hydrogens is 288 g/mol. The lowest BCUT2D eigenvalue weighted by atomic mass is 9.64. The second-order valence-corrected chi connectivity index (χ2v) is 6.94. The minimum Gasteiger partial charge on any atom is -0.426 e. The molecule has 1 saturated heterocycles. The van der Waals surface area contributed by atoms with Gasteiger partial charge in [0, 0.05) is 17.9 Å². The molecule has 3 heteroatoms. The molecule has 5 atom stereocenters. The summed E-state index contributed by atoms with van der Waals surface area (Å²) in [5, 5.41) is 0. The van der Waals surface area contributed by atoms with E-state index in [0.717, 1.165) is 12.2 Å². The lowest BCUT2D eigenvalue weighted by Crippen LogP contribution is -2.42. The second-order valence-electron chi connectivity index (χ2n) is 6.94. The summed E-state index contributed by atoms with van der Waals surface area (Å²) in [5.74, 6) is 2.50. The summed E-state index contributed by atoms with van der Waals surface area (Å²) in [4.78, 5) is 11.7. The number of benzene rings is 1. The van der Waals surface area contributed by atoms with Gasteiger partial charge in [-0.15, -0.1) is 0 Å². The van der Waals surface area contributed by atoms with E-state index in [-0.39, 0.29) is 12.1 Å². The number of para-hydroxylation sites is 1. The van der Waals surface area contributed by atoms with E-state index in [1.54, 1.807) is 0 Å². The Balaban J connectivity index is 1.96. The molecular formula is C20H26O3. The standard InChI is InChI=1S/C20H26O3/c1-5-18(21)23-17-9-7-6-8-15(17)20-19-13(3)10-12(2)16(11-22-20)14(19)4/h6-10,12,14,16,19-20H,5,11H2,1-4H3/t12-,14-,16-,19-,20-/m0/s1. The first-order chi connectivity index (χ1) is 11.0. The molecule has 2 bridgehead atoms. The first-order valence-corrected chi connectivity index (χ1v) is 8.62. The molecule has 0 unspecified atom stereocenters. The Morgan fingerprint density at radius 1 is 1.30 bits per heavy atom. The molecule has 124 valence electrons. The SMILES string of the molecule is CCC(=O)Oc1ccccc1[C@@H]1OC[C@@H]2[C@H](C)[C@@H]1C(C)=C[C@@H]2C. The molecule has 1 aromatic rings. The van der Waals surface area contributed by atoms with Gasteiger partial charge in [-0.3, -0.25) is 4.79 Å². The largest absolute Gasteiger partial charge is 0.426 e. The third kappa shape index (κ3) is 2.94. The highest BCUT2D eigenvalue weighted by Crippen LogP contribution is 2.50. The summed E-state index contributed by atoms with van der Waals surface area (Å²) in [6, 6.07) is 7.79. The van der Waals surface area contributed by atoms with Crippen molar-refractivity contribution in [2.24, 2.45) is 23.7 Å². The minimum atomic E-state index is -0.205. The first kappa shape index (κ1) is 16.3. The fraction of sp³-hybridized carbons (Fsp3) is 0.550. The van der Waals surface area contributed by atoms with Crippen molar-refractivity contribution in [3.05, 3.63) is 41.5 Å². The van der Waals surface area contributed by atoms with E-state index in [1.165, 1.54) is 5.57 Å². The van der Waals surface area contributed by atoms with Gasteiger partial charge < -0.3 is 9.47 Å². The van der Waals surface area contributed by atoms with Gasteiger partial charge in [-0.1, -0.05) is 50.6 Å². The second kappa shape index (κ2) is 6.48. The number of carbonyl (C=O) groups is 1. The summed E-state index contributed by atoms with van der Waals surface area (Å²) >= 11 is 0. The van der Waals surface area contributed by atoms with Crippen molar-refractivity contribution in [1.82, 2.24) is 0 Å². The Hall–Kier alpha value is -1.61. The van der Waals surface area contributed by atoms with Crippen LogP contribution in [0.15, 0.2) is 35.9 Å². The summed E-state index contributed by atoms with van der Waals surface area (Å²) in [5.41, 5.74) is 2.38. The van der Waals surface area contributed by atoms with E-state index in [9.17, 15) is 4.79 Å². The molecule has 0 N–H and O–H groups in total. The Morgan fingerprint density at radius 2 is 2.04 bits per heavy atom. The number of fused-ring (bicyclic) bond motifs is 2. The predicted octanol–water partition coefficient (Wildman–Crippen LogP) is 4.54. The van der Waals surface area contributed by atoms with Crippen LogP contribution in [0, 0.1) is 23.7 Å². The highest BCUT2D eigenvalue weighted by atomic mass is 16.5. The third-order valence-corrected chi connectivity index (χ3v) is 5.50. The molecule has 3 rings (SSSR count). The van der Waals surface area contributed by atoms with Gasteiger partial charge in [-0.25, -0.2) is 0 Å². The highest BCUT2D eigenvalue weighted by Gasteiger charge is 2.44. The zero-order valence-electron chi connectivity index (χ0n) is 14.4. The zero-order valence-corrected chi connectivity index (χ0v) is 14.4. The van der Waals surface area contributed by atoms with Crippen LogP contribution >= 0.6 is 0 Å². The van der Waals surface area contributed by atoms with Crippen LogP contribution in [0.4, 0.5) is 0 Å². The van der Waals surface area contributed by atoms with Crippen molar-refractivity contribution < 1.29 is 14.3 Å². The van der Waals surface area contributed by atoms with E-state index in [0.29, 0.717) is 35.8 Å². The summed E-state index contributed by atoms with van der Waals surface area (Å²) in [6.07, 6.45) is 2.73. The first-order valence-electron chi connectivity index (χ1n) is 8.62. The molecule has 0 amide bonds. The Kier molecular flexibility index (Phi) is 4.58. The summed E-state index contributed by atoms with van der Waals surface area (Å²) in [6.45, 7) is 9.39. The average Bonchev–Trinajstić information content (AvgIpc) is 2.53. The molecule has 23 heavy (non-hydrogen) atoms. The molecule has 1 aliphatic carbocycles. The molecule has 1 aromatic carbocycles. The number of rotatable bonds is 3. The number of hydrogen-bond donors (Lipinski definition) is 0. The fourth-order valence-electron chi connectivity index (χ4n) is 4.23. The van der Waals surface area contributed by atoms with Gasteiger partial charge in [0.1, 0.15) is 5.75 Å². The molecule has 1 aliphatic heterocycles. The molecule has 1 heterocycles. The third-order valence-electron chi connectivity index (χ3n) is 5.50. The highest BCUT2D eigenvalue weighted by molar-refractivity contribution is 5.72. The van der Waals surface area contributed by atoms with Gasteiger partial charge >= 0.3 is 5.97 Å². The number of hydrogen-bond acceptors (Lipinski definition) is 3. The number of ether oxygens (including phenoxy) is 2. The molecule has 3 nitrogen and oxygen atoms in total. The van der Waals surface area contributed by atoms with Crippen LogP contribution in [0.5, 0.6) is 5.75 Å². The Labute approximate surface area is 138 Å². The maximum Gasteiger partial charge on any atom is 0.310 e. The Morgan fingerprint density at radius 3 is 2.78 bits per heavy atom. The zero-order chi connectivity index (χ0) is 16.6. The minimum absolute atomic E-state index is 0.0362. The van der Waals surface area contributed by atoms with Gasteiger partial charge in [0.05, 0.1) is 12.7 Å². The number of carbonyl (C=O) groups excluding carboxylic acids is 1. The molecule has 0 saturated carbocycles. The monoisotopic (exact) mass is 314 g/mol. The normalized spacial score (nSPS) is 33.0. The molecule has 0 radical (unpaired) electrons. The van der Waals surface area contributed by atoms with Gasteiger partial charge in [0.15, 0.2) is 0 Å². The van der Waals surface area contributed by atoms with Crippen LogP contribution in [0.1, 0.15) is 45.8 Å². The van der Waals surface area contributed by atoms with Crippen LogP contribution in [0.25, 0.3) is 0 Å².